The topological polar surface area (TPSA) is 63.2 Å². The number of piperidine rings is 1. The average Bonchev–Trinajstić information content (AvgIpc) is 3.09. The highest BCUT2D eigenvalue weighted by molar-refractivity contribution is 7.15. The van der Waals surface area contributed by atoms with Gasteiger partial charge in [0.05, 0.1) is 0 Å². The fraction of sp³-hybridized carbons (Fsp3) is 0.444. The zero-order chi connectivity index (χ0) is 16.8. The van der Waals surface area contributed by atoms with Gasteiger partial charge in [-0.2, -0.15) is 0 Å². The van der Waals surface area contributed by atoms with Gasteiger partial charge in [-0.05, 0) is 49.9 Å². The van der Waals surface area contributed by atoms with Gasteiger partial charge in [0.25, 0.3) is 5.91 Å². The molecule has 0 unspecified atom stereocenters. The first-order chi connectivity index (χ1) is 11.8. The molecule has 0 aliphatic carbocycles. The number of ether oxygens (including phenoxy) is 1. The zero-order valence-electron chi connectivity index (χ0n) is 13.9. The van der Waals surface area contributed by atoms with E-state index in [1.165, 1.54) is 4.88 Å². The largest absolute Gasteiger partial charge is 0.483 e. The Balaban J connectivity index is 1.52. The summed E-state index contributed by atoms with van der Waals surface area (Å²) < 4.78 is 5.64. The molecular formula is C18H23N3O2S. The minimum absolute atomic E-state index is 0.000719. The molecular weight excluding hydrogens is 322 g/mol. The average molecular weight is 345 g/mol. The molecule has 0 atom stereocenters. The van der Waals surface area contributed by atoms with Crippen LogP contribution in [0.25, 0.3) is 0 Å². The molecule has 0 bridgehead atoms. The zero-order valence-corrected chi connectivity index (χ0v) is 14.7. The van der Waals surface area contributed by atoms with E-state index in [9.17, 15) is 4.79 Å². The summed E-state index contributed by atoms with van der Waals surface area (Å²) >= 11 is 1.57. The van der Waals surface area contributed by atoms with Crippen LogP contribution in [-0.4, -0.2) is 30.6 Å². The number of para-hydroxylation sites is 1. The maximum absolute atomic E-state index is 12.1. The lowest BCUT2D eigenvalue weighted by atomic mass is 9.97. The number of benzene rings is 1. The summed E-state index contributed by atoms with van der Waals surface area (Å²) in [4.78, 5) is 17.7. The van der Waals surface area contributed by atoms with Crippen LogP contribution in [0.5, 0.6) is 5.75 Å². The van der Waals surface area contributed by atoms with Gasteiger partial charge in [-0.25, -0.2) is 4.98 Å². The molecule has 1 saturated heterocycles. The molecule has 2 N–H and O–H groups in total. The summed E-state index contributed by atoms with van der Waals surface area (Å²) in [5.74, 6) is 1.15. The van der Waals surface area contributed by atoms with Gasteiger partial charge in [-0.1, -0.05) is 25.1 Å². The summed E-state index contributed by atoms with van der Waals surface area (Å²) in [6.45, 7) is 4.17. The summed E-state index contributed by atoms with van der Waals surface area (Å²) in [7, 11) is 0. The van der Waals surface area contributed by atoms with Gasteiger partial charge in [0.15, 0.2) is 11.7 Å². The van der Waals surface area contributed by atoms with Gasteiger partial charge < -0.3 is 10.1 Å². The van der Waals surface area contributed by atoms with Crippen molar-refractivity contribution in [1.29, 1.82) is 0 Å². The number of nitrogens with one attached hydrogen (secondary N) is 2. The fourth-order valence-corrected chi connectivity index (χ4v) is 3.88. The number of thiazole rings is 1. The van der Waals surface area contributed by atoms with Gasteiger partial charge in [0.1, 0.15) is 5.75 Å². The molecule has 0 saturated carbocycles. The fourth-order valence-electron chi connectivity index (χ4n) is 2.87. The van der Waals surface area contributed by atoms with Crippen molar-refractivity contribution in [3.8, 4) is 5.75 Å². The lowest BCUT2D eigenvalue weighted by Crippen LogP contribution is -2.26. The van der Waals surface area contributed by atoms with E-state index in [4.69, 9.17) is 4.74 Å². The van der Waals surface area contributed by atoms with E-state index in [0.29, 0.717) is 11.0 Å². The molecule has 3 rings (SSSR count). The molecule has 2 aromatic rings. The van der Waals surface area contributed by atoms with Crippen LogP contribution >= 0.6 is 11.3 Å². The van der Waals surface area contributed by atoms with Gasteiger partial charge >= 0.3 is 0 Å². The van der Waals surface area contributed by atoms with Crippen LogP contribution in [-0.2, 0) is 11.2 Å². The Kier molecular flexibility index (Phi) is 5.82. The highest BCUT2D eigenvalue weighted by atomic mass is 32.1. The second-order valence-electron chi connectivity index (χ2n) is 5.89. The Morgan fingerprint density at radius 3 is 2.96 bits per heavy atom. The van der Waals surface area contributed by atoms with Crippen molar-refractivity contribution in [3.05, 3.63) is 40.9 Å². The first kappa shape index (κ1) is 16.9. The van der Waals surface area contributed by atoms with Crippen molar-refractivity contribution in [2.75, 3.05) is 25.0 Å². The number of amides is 1. The second kappa shape index (κ2) is 8.26. The van der Waals surface area contributed by atoms with Crippen molar-refractivity contribution < 1.29 is 9.53 Å². The van der Waals surface area contributed by atoms with Gasteiger partial charge in [-0.15, -0.1) is 11.3 Å². The first-order valence-corrected chi connectivity index (χ1v) is 9.25. The monoisotopic (exact) mass is 345 g/mol. The maximum atomic E-state index is 12.1. The molecule has 1 aliphatic heterocycles. The van der Waals surface area contributed by atoms with E-state index < -0.39 is 0 Å². The normalized spacial score (nSPS) is 15.2. The summed E-state index contributed by atoms with van der Waals surface area (Å²) in [5.41, 5.74) is 1.10. The third-order valence-corrected chi connectivity index (χ3v) is 5.30. The van der Waals surface area contributed by atoms with Crippen molar-refractivity contribution in [2.45, 2.75) is 32.1 Å². The van der Waals surface area contributed by atoms with Crippen LogP contribution in [0.4, 0.5) is 5.13 Å². The summed E-state index contributed by atoms with van der Waals surface area (Å²) in [6, 6.07) is 7.80. The van der Waals surface area contributed by atoms with E-state index in [1.807, 2.05) is 30.5 Å². The summed E-state index contributed by atoms with van der Waals surface area (Å²) in [6.07, 6.45) is 5.03. The van der Waals surface area contributed by atoms with E-state index in [-0.39, 0.29) is 12.5 Å². The molecule has 2 heterocycles. The Morgan fingerprint density at radius 2 is 2.17 bits per heavy atom. The number of rotatable bonds is 6. The van der Waals surface area contributed by atoms with Crippen LogP contribution in [0.15, 0.2) is 30.5 Å². The Bertz CT molecular complexity index is 680. The van der Waals surface area contributed by atoms with Crippen LogP contribution in [0.3, 0.4) is 0 Å². The van der Waals surface area contributed by atoms with E-state index in [1.54, 1.807) is 11.3 Å². The van der Waals surface area contributed by atoms with E-state index in [0.717, 1.165) is 43.7 Å². The standard InChI is InChI=1S/C18H23N3O2S/c1-2-13-5-3-4-6-15(13)23-12-17(22)21-18-20-11-16(24-18)14-7-9-19-10-8-14/h3-6,11,14,19H,2,7-10,12H2,1H3,(H,20,21,22). The Hall–Kier alpha value is -1.92. The predicted octanol–water partition coefficient (Wildman–Crippen LogP) is 3.19. The second-order valence-corrected chi connectivity index (χ2v) is 6.95. The highest BCUT2D eigenvalue weighted by Crippen LogP contribution is 2.31. The molecule has 128 valence electrons. The minimum Gasteiger partial charge on any atom is -0.483 e. The number of aromatic nitrogens is 1. The first-order valence-electron chi connectivity index (χ1n) is 8.43. The molecule has 0 radical (unpaired) electrons. The minimum atomic E-state index is -0.174. The number of carbonyl (C=O) groups is 1. The number of hydrogen-bond donors (Lipinski definition) is 2. The van der Waals surface area contributed by atoms with Crippen molar-refractivity contribution in [1.82, 2.24) is 10.3 Å². The highest BCUT2D eigenvalue weighted by Gasteiger charge is 2.18. The third-order valence-electron chi connectivity index (χ3n) is 4.22. The molecule has 1 fully saturated rings. The number of hydrogen-bond acceptors (Lipinski definition) is 5. The molecule has 1 aromatic carbocycles. The maximum Gasteiger partial charge on any atom is 0.264 e. The lowest BCUT2D eigenvalue weighted by molar-refractivity contribution is -0.118. The van der Waals surface area contributed by atoms with Gasteiger partial charge in [-0.3, -0.25) is 10.1 Å². The third kappa shape index (κ3) is 4.33. The molecule has 6 heteroatoms. The van der Waals surface area contributed by atoms with Crippen LogP contribution in [0.1, 0.15) is 36.1 Å². The number of anilines is 1. The van der Waals surface area contributed by atoms with Gasteiger partial charge in [0, 0.05) is 11.1 Å². The predicted molar refractivity (Wildman–Crippen MR) is 96.9 cm³/mol. The number of aryl methyl sites for hydroxylation is 1. The van der Waals surface area contributed by atoms with E-state index >= 15 is 0 Å². The number of carbonyl (C=O) groups excluding carboxylic acids is 1. The Labute approximate surface area is 146 Å². The smallest absolute Gasteiger partial charge is 0.264 e. The lowest BCUT2D eigenvalue weighted by Gasteiger charge is -2.20. The molecule has 24 heavy (non-hydrogen) atoms. The number of nitrogens with zero attached hydrogens (tertiary/aromatic N) is 1. The molecule has 0 spiro atoms. The molecule has 5 nitrogen and oxygen atoms in total. The van der Waals surface area contributed by atoms with Crippen molar-refractivity contribution >= 4 is 22.4 Å². The quantitative estimate of drug-likeness (QED) is 0.844. The molecule has 1 aliphatic rings. The van der Waals surface area contributed by atoms with Crippen LogP contribution in [0.2, 0.25) is 0 Å². The molecule has 1 aromatic heterocycles. The Morgan fingerprint density at radius 1 is 1.38 bits per heavy atom. The SMILES string of the molecule is CCc1ccccc1OCC(=O)Nc1ncc(C2CCNCC2)s1. The van der Waals surface area contributed by atoms with Crippen LogP contribution in [0, 0.1) is 0 Å². The summed E-state index contributed by atoms with van der Waals surface area (Å²) in [5, 5.41) is 6.85. The van der Waals surface area contributed by atoms with Crippen LogP contribution < -0.4 is 15.4 Å². The van der Waals surface area contributed by atoms with Gasteiger partial charge in [0.2, 0.25) is 0 Å². The van der Waals surface area contributed by atoms with Crippen molar-refractivity contribution in [2.24, 2.45) is 0 Å². The van der Waals surface area contributed by atoms with E-state index in [2.05, 4.69) is 22.5 Å². The molecule has 1 amide bonds. The van der Waals surface area contributed by atoms with Crippen molar-refractivity contribution in [3.63, 3.8) is 0 Å².